The molecule has 1 aromatic rings. The third kappa shape index (κ3) is 7.47. The van der Waals surface area contributed by atoms with E-state index in [1.54, 1.807) is 12.1 Å². The van der Waals surface area contributed by atoms with Crippen molar-refractivity contribution >= 4 is 10.8 Å². The van der Waals surface area contributed by atoms with Gasteiger partial charge in [0.1, 0.15) is 11.9 Å². The first-order valence-electron chi connectivity index (χ1n) is 15.8. The van der Waals surface area contributed by atoms with Gasteiger partial charge in [0.05, 0.1) is 6.10 Å². The molecule has 3 aliphatic carbocycles. The van der Waals surface area contributed by atoms with Crippen LogP contribution in [-0.4, -0.2) is 44.1 Å². The maximum absolute atomic E-state index is 16.2. The van der Waals surface area contributed by atoms with Gasteiger partial charge in [-0.1, -0.05) is 58.1 Å². The minimum absolute atomic E-state index is 0.0794. The largest absolute Gasteiger partial charge is 0.508 e. The van der Waals surface area contributed by atoms with E-state index in [0.29, 0.717) is 24.2 Å². The van der Waals surface area contributed by atoms with Crippen LogP contribution in [0.2, 0.25) is 0 Å². The van der Waals surface area contributed by atoms with Gasteiger partial charge < -0.3 is 10.2 Å². The summed E-state index contributed by atoms with van der Waals surface area (Å²) in [5.41, 5.74) is 2.30. The van der Waals surface area contributed by atoms with E-state index in [2.05, 4.69) is 13.5 Å². The highest BCUT2D eigenvalue weighted by molar-refractivity contribution is 7.84. The van der Waals surface area contributed by atoms with Crippen molar-refractivity contribution in [2.24, 2.45) is 23.2 Å². The lowest BCUT2D eigenvalue weighted by molar-refractivity contribution is -0.284. The van der Waals surface area contributed by atoms with Crippen molar-refractivity contribution in [1.82, 2.24) is 0 Å². The smallest absolute Gasteiger partial charge is 0.453 e. The highest BCUT2D eigenvalue weighted by Gasteiger charge is 2.59. The molecule has 8 atom stereocenters. The molecule has 0 saturated heterocycles. The number of fused-ring (bicyclic) bond motifs is 5. The second kappa shape index (κ2) is 13.8. The molecule has 10 heteroatoms. The first-order chi connectivity index (χ1) is 20.2. The van der Waals surface area contributed by atoms with Gasteiger partial charge >= 0.3 is 12.1 Å². The molecule has 0 heterocycles. The zero-order valence-corrected chi connectivity index (χ0v) is 25.8. The summed E-state index contributed by atoms with van der Waals surface area (Å²) in [6.07, 6.45) is 0.269. The number of halogens is 6. The Bertz CT molecular complexity index is 1140. The third-order valence-electron chi connectivity index (χ3n) is 10.7. The van der Waals surface area contributed by atoms with E-state index in [0.717, 1.165) is 68.9 Å². The van der Waals surface area contributed by atoms with Gasteiger partial charge in [0.15, 0.2) is 0 Å². The average molecular weight is 637 g/mol. The van der Waals surface area contributed by atoms with Gasteiger partial charge in [0.25, 0.3) is 0 Å². The molecule has 0 aliphatic heterocycles. The molecule has 0 amide bonds. The number of benzene rings is 1. The molecule has 0 spiro atoms. The zero-order chi connectivity index (χ0) is 31.6. The van der Waals surface area contributed by atoms with Crippen LogP contribution in [0, 0.1) is 23.2 Å². The fourth-order valence-electron chi connectivity index (χ4n) is 8.21. The lowest BCUT2D eigenvalue weighted by atomic mass is 9.51. The van der Waals surface area contributed by atoms with Crippen LogP contribution in [0.4, 0.5) is 26.3 Å². The predicted octanol–water partition coefficient (Wildman–Crippen LogP) is 9.32. The SMILES string of the molecule is C=C1[C@H](O)CC2C3C(CC[C@]12C)c1ccc(O)cc1[C@H](F)[C@H]3CCCCCCCCCS(=O)CCCC(F)(F)C(F)(F)F. The van der Waals surface area contributed by atoms with Gasteiger partial charge in [-0.25, -0.2) is 4.39 Å². The van der Waals surface area contributed by atoms with Crippen LogP contribution in [0.25, 0.3) is 0 Å². The van der Waals surface area contributed by atoms with Gasteiger partial charge in [-0.15, -0.1) is 0 Å². The number of aliphatic hydroxyl groups is 1. The van der Waals surface area contributed by atoms with Crippen LogP contribution in [0.5, 0.6) is 5.75 Å². The summed E-state index contributed by atoms with van der Waals surface area (Å²) in [5, 5.41) is 20.8. The summed E-state index contributed by atoms with van der Waals surface area (Å²) in [5.74, 6) is -4.20. The topological polar surface area (TPSA) is 57.5 Å². The van der Waals surface area contributed by atoms with Crippen LogP contribution in [0.3, 0.4) is 0 Å². The first kappa shape index (κ1) is 34.3. The van der Waals surface area contributed by atoms with Crippen LogP contribution in [-0.2, 0) is 10.8 Å². The molecule has 3 aliphatic rings. The van der Waals surface area contributed by atoms with Crippen molar-refractivity contribution in [3.63, 3.8) is 0 Å². The number of hydrogen-bond donors (Lipinski definition) is 2. The molecule has 4 unspecified atom stereocenters. The number of phenols is 1. The lowest BCUT2D eigenvalue weighted by Gasteiger charge is -2.53. The summed E-state index contributed by atoms with van der Waals surface area (Å²) in [7, 11) is -1.40. The van der Waals surface area contributed by atoms with E-state index in [-0.39, 0.29) is 40.6 Å². The predicted molar refractivity (Wildman–Crippen MR) is 157 cm³/mol. The summed E-state index contributed by atoms with van der Waals surface area (Å²) in [6, 6.07) is 5.12. The van der Waals surface area contributed by atoms with E-state index in [9.17, 15) is 36.4 Å². The number of hydrogen-bond acceptors (Lipinski definition) is 3. The normalized spacial score (nSPS) is 31.4. The van der Waals surface area contributed by atoms with E-state index in [1.807, 2.05) is 6.07 Å². The molecule has 2 fully saturated rings. The molecule has 3 nitrogen and oxygen atoms in total. The first-order valence-corrected chi connectivity index (χ1v) is 17.3. The number of aromatic hydroxyl groups is 1. The molecule has 2 saturated carbocycles. The second-order valence-electron chi connectivity index (χ2n) is 13.3. The average Bonchev–Trinajstić information content (AvgIpc) is 3.16. The maximum atomic E-state index is 16.2. The molecule has 0 aromatic heterocycles. The van der Waals surface area contributed by atoms with Crippen molar-refractivity contribution in [2.45, 2.75) is 121 Å². The molecule has 43 heavy (non-hydrogen) atoms. The zero-order valence-electron chi connectivity index (χ0n) is 25.0. The lowest BCUT2D eigenvalue weighted by Crippen LogP contribution is -2.45. The molecule has 1 aromatic carbocycles. The number of alkyl halides is 6. The Kier molecular flexibility index (Phi) is 11.0. The van der Waals surface area contributed by atoms with Gasteiger partial charge in [0, 0.05) is 28.7 Å². The highest BCUT2D eigenvalue weighted by atomic mass is 32.2. The van der Waals surface area contributed by atoms with Gasteiger partial charge in [0.2, 0.25) is 0 Å². The fourth-order valence-corrected chi connectivity index (χ4v) is 9.40. The molecule has 4 rings (SSSR count). The van der Waals surface area contributed by atoms with Crippen LogP contribution in [0.1, 0.15) is 114 Å². The monoisotopic (exact) mass is 636 g/mol. The molecule has 2 N–H and O–H groups in total. The molecule has 0 radical (unpaired) electrons. The minimum Gasteiger partial charge on any atom is -0.508 e. The Hall–Kier alpha value is -1.55. The molecule has 0 bridgehead atoms. The molecular formula is C33H46F6O3S. The van der Waals surface area contributed by atoms with E-state index in [1.165, 1.54) is 0 Å². The van der Waals surface area contributed by atoms with Crippen molar-refractivity contribution in [3.05, 3.63) is 41.5 Å². The second-order valence-corrected chi connectivity index (χ2v) is 15.0. The number of unbranched alkanes of at least 4 members (excludes halogenated alkanes) is 6. The Balaban J connectivity index is 1.21. The highest BCUT2D eigenvalue weighted by Crippen LogP contribution is 2.66. The van der Waals surface area contributed by atoms with Crippen LogP contribution >= 0.6 is 0 Å². The number of aliphatic hydroxyl groups excluding tert-OH is 1. The van der Waals surface area contributed by atoms with Crippen LogP contribution < -0.4 is 0 Å². The van der Waals surface area contributed by atoms with E-state index in [4.69, 9.17) is 0 Å². The summed E-state index contributed by atoms with van der Waals surface area (Å²) < 4.78 is 90.8. The number of rotatable bonds is 14. The molecule has 244 valence electrons. The Morgan fingerprint density at radius 3 is 2.28 bits per heavy atom. The van der Waals surface area contributed by atoms with Crippen molar-refractivity contribution in [3.8, 4) is 5.75 Å². The Morgan fingerprint density at radius 2 is 1.60 bits per heavy atom. The van der Waals surface area contributed by atoms with Crippen molar-refractivity contribution in [2.75, 3.05) is 11.5 Å². The summed E-state index contributed by atoms with van der Waals surface area (Å²) >= 11 is 0. The van der Waals surface area contributed by atoms with Crippen molar-refractivity contribution in [1.29, 1.82) is 0 Å². The Labute approximate surface area is 254 Å². The van der Waals surface area contributed by atoms with Gasteiger partial charge in [-0.3, -0.25) is 4.21 Å². The van der Waals surface area contributed by atoms with E-state index >= 15 is 4.39 Å². The number of phenolic OH excluding ortho intramolecular Hbond substituents is 1. The molecular weight excluding hydrogens is 590 g/mol. The van der Waals surface area contributed by atoms with E-state index < -0.39 is 48.0 Å². The fraction of sp³-hybridized carbons (Fsp3) is 0.758. The standard InChI is InChI=1S/C33H46F6O3S/c1-21-28(41)20-27-29-24(14-16-31(21,27)2)23-13-12-22(40)19-26(23)30(34)25(29)11-8-6-4-3-5-7-9-17-43(42)18-10-15-32(35,36)33(37,38)39/h12-13,19,24-25,27-30,40-41H,1,3-11,14-18,20H2,2H3/t24?,25-,27?,28+,29?,30+,31+,43?/m0/s1. The van der Waals surface area contributed by atoms with Crippen LogP contribution in [0.15, 0.2) is 30.4 Å². The quantitative estimate of drug-likeness (QED) is 0.122. The summed E-state index contributed by atoms with van der Waals surface area (Å²) in [6.45, 7) is 6.41. The van der Waals surface area contributed by atoms with Crippen molar-refractivity contribution < 1.29 is 40.8 Å². The minimum atomic E-state index is -5.57. The maximum Gasteiger partial charge on any atom is 0.453 e. The Morgan fingerprint density at radius 1 is 0.977 bits per heavy atom. The summed E-state index contributed by atoms with van der Waals surface area (Å²) in [4.78, 5) is 0. The van der Waals surface area contributed by atoms with Gasteiger partial charge in [-0.05, 0) is 96.4 Å². The third-order valence-corrected chi connectivity index (χ3v) is 12.1. The van der Waals surface area contributed by atoms with Gasteiger partial charge in [-0.2, -0.15) is 22.0 Å².